The molecule has 1 aliphatic heterocycles. The summed E-state index contributed by atoms with van der Waals surface area (Å²) in [6.07, 6.45) is 4.75. The van der Waals surface area contributed by atoms with Gasteiger partial charge in [-0.1, -0.05) is 19.8 Å². The first-order chi connectivity index (χ1) is 13.0. The average molecular weight is 372 g/mol. The molecule has 1 saturated carbocycles. The molecule has 3 amide bonds. The minimum Gasteiger partial charge on any atom is -0.452 e. The summed E-state index contributed by atoms with van der Waals surface area (Å²) in [6.45, 7) is 1.79. The smallest absolute Gasteiger partial charge is 0.338 e. The van der Waals surface area contributed by atoms with E-state index in [1.807, 2.05) is 0 Å². The van der Waals surface area contributed by atoms with E-state index in [9.17, 15) is 19.2 Å². The lowest BCUT2D eigenvalue weighted by molar-refractivity contribution is -0.125. The number of anilines is 1. The number of hydrogen-bond donors (Lipinski definition) is 1. The molecular weight excluding hydrogens is 348 g/mol. The first-order valence-electron chi connectivity index (χ1n) is 9.38. The van der Waals surface area contributed by atoms with Gasteiger partial charge in [-0.3, -0.25) is 19.3 Å². The van der Waals surface area contributed by atoms with Gasteiger partial charge in [0.05, 0.1) is 11.3 Å². The quantitative estimate of drug-likeness (QED) is 0.632. The standard InChI is InChI=1S/C20H24N2O5/c1-13-4-2-3-5-16(13)21-17(23)12-27-20(26)14-6-8-15(9-7-14)22-18(24)10-11-19(22)25/h6-9,13,16H,2-5,10-12H2,1H3,(H,21,23)/t13-,16-/m0/s1. The van der Waals surface area contributed by atoms with Crippen LogP contribution in [0.25, 0.3) is 0 Å². The molecule has 1 heterocycles. The maximum Gasteiger partial charge on any atom is 0.338 e. The molecule has 2 fully saturated rings. The Labute approximate surface area is 158 Å². The van der Waals surface area contributed by atoms with Gasteiger partial charge in [0.15, 0.2) is 6.61 Å². The SMILES string of the molecule is C[C@H]1CCCC[C@@H]1NC(=O)COC(=O)c1ccc(N2C(=O)CCC2=O)cc1. The maximum atomic E-state index is 12.1. The van der Waals surface area contributed by atoms with Crippen molar-refractivity contribution in [1.82, 2.24) is 5.32 Å². The lowest BCUT2D eigenvalue weighted by Crippen LogP contribution is -2.42. The predicted octanol–water partition coefficient (Wildman–Crippen LogP) is 2.19. The number of carbonyl (C=O) groups is 4. The van der Waals surface area contributed by atoms with E-state index < -0.39 is 5.97 Å². The van der Waals surface area contributed by atoms with E-state index in [0.29, 0.717) is 11.6 Å². The topological polar surface area (TPSA) is 92.8 Å². The average Bonchev–Trinajstić information content (AvgIpc) is 3.00. The monoisotopic (exact) mass is 372 g/mol. The largest absolute Gasteiger partial charge is 0.452 e. The number of rotatable bonds is 5. The molecule has 144 valence electrons. The lowest BCUT2D eigenvalue weighted by atomic mass is 9.86. The van der Waals surface area contributed by atoms with Gasteiger partial charge in [0.1, 0.15) is 0 Å². The van der Waals surface area contributed by atoms with Gasteiger partial charge in [0.2, 0.25) is 11.8 Å². The molecule has 2 atom stereocenters. The van der Waals surface area contributed by atoms with Crippen LogP contribution in [-0.2, 0) is 19.1 Å². The molecule has 1 aromatic rings. The minimum absolute atomic E-state index is 0.139. The fourth-order valence-electron chi connectivity index (χ4n) is 3.60. The van der Waals surface area contributed by atoms with Gasteiger partial charge in [-0.05, 0) is 43.0 Å². The van der Waals surface area contributed by atoms with Crippen molar-refractivity contribution in [2.24, 2.45) is 5.92 Å². The summed E-state index contributed by atoms with van der Waals surface area (Å²) in [5.74, 6) is -0.978. The first-order valence-corrected chi connectivity index (χ1v) is 9.38. The van der Waals surface area contributed by atoms with Crippen molar-refractivity contribution in [2.75, 3.05) is 11.5 Å². The van der Waals surface area contributed by atoms with Crippen molar-refractivity contribution in [3.05, 3.63) is 29.8 Å². The molecule has 7 nitrogen and oxygen atoms in total. The van der Waals surface area contributed by atoms with Crippen molar-refractivity contribution in [2.45, 2.75) is 51.5 Å². The van der Waals surface area contributed by atoms with Crippen LogP contribution < -0.4 is 10.2 Å². The van der Waals surface area contributed by atoms with E-state index in [4.69, 9.17) is 4.74 Å². The van der Waals surface area contributed by atoms with Gasteiger partial charge in [0.25, 0.3) is 5.91 Å². The van der Waals surface area contributed by atoms with Crippen LogP contribution in [0.4, 0.5) is 5.69 Å². The van der Waals surface area contributed by atoms with Crippen LogP contribution in [0.5, 0.6) is 0 Å². The number of imide groups is 1. The highest BCUT2D eigenvalue weighted by Crippen LogP contribution is 2.24. The zero-order valence-corrected chi connectivity index (χ0v) is 15.4. The van der Waals surface area contributed by atoms with Gasteiger partial charge in [-0.15, -0.1) is 0 Å². The zero-order chi connectivity index (χ0) is 19.4. The zero-order valence-electron chi connectivity index (χ0n) is 15.4. The molecule has 7 heteroatoms. The van der Waals surface area contributed by atoms with Crippen molar-refractivity contribution >= 4 is 29.4 Å². The number of benzene rings is 1. The Morgan fingerprint density at radius 2 is 1.70 bits per heavy atom. The van der Waals surface area contributed by atoms with Crippen LogP contribution in [0.3, 0.4) is 0 Å². The summed E-state index contributed by atoms with van der Waals surface area (Å²) in [6, 6.07) is 6.16. The van der Waals surface area contributed by atoms with Crippen molar-refractivity contribution in [3.8, 4) is 0 Å². The second-order valence-corrected chi connectivity index (χ2v) is 7.18. The highest BCUT2D eigenvalue weighted by molar-refractivity contribution is 6.19. The molecule has 3 rings (SSSR count). The minimum atomic E-state index is -0.618. The van der Waals surface area contributed by atoms with E-state index >= 15 is 0 Å². The van der Waals surface area contributed by atoms with E-state index in [0.717, 1.165) is 24.2 Å². The Hall–Kier alpha value is -2.70. The van der Waals surface area contributed by atoms with E-state index in [-0.39, 0.29) is 48.8 Å². The number of amides is 3. The highest BCUT2D eigenvalue weighted by Gasteiger charge is 2.30. The number of carbonyl (C=O) groups excluding carboxylic acids is 4. The first kappa shape index (κ1) is 19.1. The number of ether oxygens (including phenoxy) is 1. The molecule has 0 spiro atoms. The van der Waals surface area contributed by atoms with Gasteiger partial charge >= 0.3 is 5.97 Å². The molecule has 2 aliphatic rings. The predicted molar refractivity (Wildman–Crippen MR) is 98.0 cm³/mol. The van der Waals surface area contributed by atoms with Crippen molar-refractivity contribution in [3.63, 3.8) is 0 Å². The Bertz CT molecular complexity index is 727. The van der Waals surface area contributed by atoms with Crippen molar-refractivity contribution in [1.29, 1.82) is 0 Å². The molecule has 0 radical (unpaired) electrons. The highest BCUT2D eigenvalue weighted by atomic mass is 16.5. The van der Waals surface area contributed by atoms with Crippen LogP contribution in [0.1, 0.15) is 55.8 Å². The Morgan fingerprint density at radius 3 is 2.33 bits per heavy atom. The van der Waals surface area contributed by atoms with E-state index in [2.05, 4.69) is 12.2 Å². The molecule has 1 N–H and O–H groups in total. The van der Waals surface area contributed by atoms with Crippen LogP contribution in [0.15, 0.2) is 24.3 Å². The van der Waals surface area contributed by atoms with Gasteiger partial charge < -0.3 is 10.1 Å². The lowest BCUT2D eigenvalue weighted by Gasteiger charge is -2.29. The van der Waals surface area contributed by atoms with Gasteiger partial charge in [-0.25, -0.2) is 4.79 Å². The van der Waals surface area contributed by atoms with Gasteiger partial charge in [-0.2, -0.15) is 0 Å². The summed E-state index contributed by atoms with van der Waals surface area (Å²) >= 11 is 0. The van der Waals surface area contributed by atoms with E-state index in [1.165, 1.54) is 30.7 Å². The molecule has 1 saturated heterocycles. The number of esters is 1. The third-order valence-corrected chi connectivity index (χ3v) is 5.20. The van der Waals surface area contributed by atoms with Crippen LogP contribution >= 0.6 is 0 Å². The summed E-state index contributed by atoms with van der Waals surface area (Å²) in [7, 11) is 0. The van der Waals surface area contributed by atoms with Gasteiger partial charge in [0, 0.05) is 18.9 Å². The molecule has 0 bridgehead atoms. The molecular formula is C20H24N2O5. The van der Waals surface area contributed by atoms with Crippen LogP contribution in [0.2, 0.25) is 0 Å². The number of nitrogens with zero attached hydrogens (tertiary/aromatic N) is 1. The third-order valence-electron chi connectivity index (χ3n) is 5.20. The fraction of sp³-hybridized carbons (Fsp3) is 0.500. The second kappa shape index (κ2) is 8.33. The fourth-order valence-corrected chi connectivity index (χ4v) is 3.60. The molecule has 0 aromatic heterocycles. The Kier molecular flexibility index (Phi) is 5.88. The second-order valence-electron chi connectivity index (χ2n) is 7.18. The number of nitrogens with one attached hydrogen (secondary N) is 1. The molecule has 1 aliphatic carbocycles. The third kappa shape index (κ3) is 4.53. The van der Waals surface area contributed by atoms with Crippen LogP contribution in [0, 0.1) is 5.92 Å². The van der Waals surface area contributed by atoms with Crippen molar-refractivity contribution < 1.29 is 23.9 Å². The van der Waals surface area contributed by atoms with E-state index in [1.54, 1.807) is 0 Å². The molecule has 0 unspecified atom stereocenters. The summed E-state index contributed by atoms with van der Waals surface area (Å²) in [5, 5.41) is 2.93. The molecule has 27 heavy (non-hydrogen) atoms. The Balaban J connectivity index is 1.51. The van der Waals surface area contributed by atoms with Crippen LogP contribution in [-0.4, -0.2) is 36.3 Å². The normalized spacial score (nSPS) is 22.6. The summed E-state index contributed by atoms with van der Waals surface area (Å²) < 4.78 is 5.08. The summed E-state index contributed by atoms with van der Waals surface area (Å²) in [5.41, 5.74) is 0.694. The number of hydrogen-bond acceptors (Lipinski definition) is 5. The molecule has 1 aromatic carbocycles. The summed E-state index contributed by atoms with van der Waals surface area (Å²) in [4.78, 5) is 48.7. The maximum absolute atomic E-state index is 12.1. The Morgan fingerprint density at radius 1 is 1.07 bits per heavy atom.